The van der Waals surface area contributed by atoms with Crippen molar-refractivity contribution < 1.29 is 9.53 Å². The molecule has 132 valence electrons. The number of hydrogen-bond donors (Lipinski definition) is 0. The number of carbonyl (C=O) groups is 1. The van der Waals surface area contributed by atoms with Gasteiger partial charge in [-0.1, -0.05) is 28.1 Å². The molecule has 4 rings (SSSR count). The van der Waals surface area contributed by atoms with E-state index in [0.717, 1.165) is 15.5 Å². The first-order valence-corrected chi connectivity index (χ1v) is 9.08. The molecule has 0 radical (unpaired) electrons. The molecule has 26 heavy (non-hydrogen) atoms. The third kappa shape index (κ3) is 3.22. The fourth-order valence-electron chi connectivity index (χ4n) is 2.88. The number of amides is 1. The molecule has 1 aliphatic rings. The van der Waals surface area contributed by atoms with E-state index >= 15 is 0 Å². The van der Waals surface area contributed by atoms with Crippen LogP contribution in [0, 0.1) is 0 Å². The second-order valence-corrected chi connectivity index (χ2v) is 6.98. The summed E-state index contributed by atoms with van der Waals surface area (Å²) in [6.45, 7) is 1.21. The van der Waals surface area contributed by atoms with E-state index in [1.165, 1.54) is 0 Å². The van der Waals surface area contributed by atoms with Crippen molar-refractivity contribution in [2.45, 2.75) is 0 Å². The van der Waals surface area contributed by atoms with Gasteiger partial charge in [0, 0.05) is 24.6 Å². The number of fused-ring (bicyclic) bond motifs is 2. The van der Waals surface area contributed by atoms with Crippen LogP contribution < -0.4 is 14.5 Å². The van der Waals surface area contributed by atoms with Crippen LogP contribution in [-0.2, 0) is 4.79 Å². The molecule has 0 atom stereocenters. The molecule has 0 saturated heterocycles. The van der Waals surface area contributed by atoms with Gasteiger partial charge in [0.2, 0.25) is 0 Å². The zero-order valence-corrected chi connectivity index (χ0v) is 15.8. The smallest absolute Gasteiger partial charge is 0.266 e. The maximum absolute atomic E-state index is 12.7. The van der Waals surface area contributed by atoms with Crippen molar-refractivity contribution in [3.63, 3.8) is 0 Å². The van der Waals surface area contributed by atoms with Crippen LogP contribution in [0.1, 0.15) is 0 Å². The number of benzene rings is 2. The lowest BCUT2D eigenvalue weighted by atomic mass is 10.2. The molecular formula is C19H17BrN4O2. The molecular weight excluding hydrogens is 396 g/mol. The molecule has 1 amide bonds. The van der Waals surface area contributed by atoms with Gasteiger partial charge in [0.1, 0.15) is 5.75 Å². The molecule has 1 aromatic heterocycles. The van der Waals surface area contributed by atoms with Gasteiger partial charge in [0.05, 0.1) is 11.0 Å². The van der Waals surface area contributed by atoms with Gasteiger partial charge in [0.25, 0.3) is 5.91 Å². The number of hydrogen-bond acceptors (Lipinski definition) is 5. The first kappa shape index (κ1) is 16.8. The summed E-state index contributed by atoms with van der Waals surface area (Å²) in [7, 11) is 1.96. The molecule has 0 N–H and O–H groups in total. The number of para-hydroxylation sites is 2. The third-order valence-corrected chi connectivity index (χ3v) is 4.82. The molecule has 7 heteroatoms. The highest BCUT2D eigenvalue weighted by atomic mass is 79.9. The van der Waals surface area contributed by atoms with Crippen molar-refractivity contribution in [3.8, 4) is 5.75 Å². The Kier molecular flexibility index (Phi) is 4.46. The molecule has 0 aliphatic carbocycles. The lowest BCUT2D eigenvalue weighted by molar-refractivity contribution is -0.120. The summed E-state index contributed by atoms with van der Waals surface area (Å²) in [5.41, 5.74) is 1.59. The van der Waals surface area contributed by atoms with Crippen molar-refractivity contribution in [1.29, 1.82) is 0 Å². The highest BCUT2D eigenvalue weighted by Crippen LogP contribution is 2.30. The van der Waals surface area contributed by atoms with Crippen LogP contribution in [-0.4, -0.2) is 42.6 Å². The highest BCUT2D eigenvalue weighted by molar-refractivity contribution is 9.10. The topological polar surface area (TPSA) is 58.6 Å². The molecule has 0 bridgehead atoms. The lowest BCUT2D eigenvalue weighted by Gasteiger charge is -2.33. The molecule has 3 aromatic rings. The van der Waals surface area contributed by atoms with Crippen molar-refractivity contribution >= 4 is 44.5 Å². The Morgan fingerprint density at radius 3 is 2.38 bits per heavy atom. The van der Waals surface area contributed by atoms with Crippen LogP contribution in [0.3, 0.4) is 0 Å². The normalized spacial score (nSPS) is 13.6. The molecule has 0 fully saturated rings. The van der Waals surface area contributed by atoms with Crippen LogP contribution >= 0.6 is 15.9 Å². The predicted octanol–water partition coefficient (Wildman–Crippen LogP) is 3.25. The Morgan fingerprint density at radius 1 is 1.04 bits per heavy atom. The average Bonchev–Trinajstić information content (AvgIpc) is 2.66. The maximum Gasteiger partial charge on any atom is 0.266 e. The first-order valence-electron chi connectivity index (χ1n) is 8.28. The van der Waals surface area contributed by atoms with E-state index < -0.39 is 0 Å². The second-order valence-electron chi connectivity index (χ2n) is 6.07. The zero-order valence-electron chi connectivity index (χ0n) is 14.2. The number of halogens is 1. The Morgan fingerprint density at radius 2 is 1.69 bits per heavy atom. The molecule has 2 aromatic carbocycles. The van der Waals surface area contributed by atoms with Gasteiger partial charge in [0.15, 0.2) is 18.2 Å². The number of ether oxygens (including phenoxy) is 1. The van der Waals surface area contributed by atoms with Gasteiger partial charge in [-0.25, -0.2) is 9.97 Å². The molecule has 2 heterocycles. The molecule has 0 unspecified atom stereocenters. The number of carbonyl (C=O) groups excluding carboxylic acids is 1. The first-order chi connectivity index (χ1) is 12.6. The fourth-order valence-corrected chi connectivity index (χ4v) is 3.14. The van der Waals surface area contributed by atoms with E-state index in [0.29, 0.717) is 30.5 Å². The van der Waals surface area contributed by atoms with Gasteiger partial charge in [-0.15, -0.1) is 0 Å². The SMILES string of the molecule is CN1CCN(C(=O)COc2ccc(Br)cc2)c2nc3ccccc3nc21. The van der Waals surface area contributed by atoms with E-state index in [1.807, 2.05) is 60.5 Å². The van der Waals surface area contributed by atoms with E-state index in [9.17, 15) is 4.79 Å². The minimum absolute atomic E-state index is 0.0424. The summed E-state index contributed by atoms with van der Waals surface area (Å²) in [5, 5.41) is 0. The zero-order chi connectivity index (χ0) is 18.1. The van der Waals surface area contributed by atoms with Crippen LogP contribution in [0.15, 0.2) is 53.0 Å². The largest absolute Gasteiger partial charge is 0.484 e. The van der Waals surface area contributed by atoms with Gasteiger partial charge >= 0.3 is 0 Å². The minimum atomic E-state index is -0.133. The predicted molar refractivity (Wildman–Crippen MR) is 105 cm³/mol. The number of rotatable bonds is 3. The fraction of sp³-hybridized carbons (Fsp3) is 0.211. The van der Waals surface area contributed by atoms with Crippen LogP contribution in [0.25, 0.3) is 11.0 Å². The molecule has 0 saturated carbocycles. The van der Waals surface area contributed by atoms with Crippen LogP contribution in [0.2, 0.25) is 0 Å². The molecule has 1 aliphatic heterocycles. The van der Waals surface area contributed by atoms with Crippen molar-refractivity contribution in [2.75, 3.05) is 36.5 Å². The Labute approximate surface area is 159 Å². The van der Waals surface area contributed by atoms with Crippen LogP contribution in [0.5, 0.6) is 5.75 Å². The summed E-state index contributed by atoms with van der Waals surface area (Å²) >= 11 is 3.38. The Balaban J connectivity index is 1.59. The second kappa shape index (κ2) is 6.92. The molecule has 6 nitrogen and oxygen atoms in total. The summed E-state index contributed by atoms with van der Waals surface area (Å²) in [6, 6.07) is 15.1. The average molecular weight is 413 g/mol. The van der Waals surface area contributed by atoms with Gasteiger partial charge in [-0.2, -0.15) is 0 Å². The van der Waals surface area contributed by atoms with Crippen molar-refractivity contribution in [1.82, 2.24) is 9.97 Å². The summed E-state index contributed by atoms with van der Waals surface area (Å²) in [5.74, 6) is 1.82. The van der Waals surface area contributed by atoms with Crippen molar-refractivity contribution in [3.05, 3.63) is 53.0 Å². The summed E-state index contributed by atoms with van der Waals surface area (Å²) in [4.78, 5) is 25.8. The van der Waals surface area contributed by atoms with E-state index in [-0.39, 0.29) is 12.5 Å². The van der Waals surface area contributed by atoms with Gasteiger partial charge in [-0.3, -0.25) is 9.69 Å². The van der Waals surface area contributed by atoms with Gasteiger partial charge in [-0.05, 0) is 36.4 Å². The lowest BCUT2D eigenvalue weighted by Crippen LogP contribution is -2.45. The van der Waals surface area contributed by atoms with Gasteiger partial charge < -0.3 is 9.64 Å². The number of aromatic nitrogens is 2. The summed E-state index contributed by atoms with van der Waals surface area (Å²) in [6.07, 6.45) is 0. The van der Waals surface area contributed by atoms with Crippen molar-refractivity contribution in [2.24, 2.45) is 0 Å². The third-order valence-electron chi connectivity index (χ3n) is 4.29. The standard InChI is InChI=1S/C19H17BrN4O2/c1-23-10-11-24(17(25)12-26-14-8-6-13(20)7-9-14)19-18(23)21-15-4-2-3-5-16(15)22-19/h2-9H,10-12H2,1H3. The molecule has 0 spiro atoms. The van der Waals surface area contributed by atoms with Crippen LogP contribution in [0.4, 0.5) is 11.6 Å². The highest BCUT2D eigenvalue weighted by Gasteiger charge is 2.28. The summed E-state index contributed by atoms with van der Waals surface area (Å²) < 4.78 is 6.60. The maximum atomic E-state index is 12.7. The van der Waals surface area contributed by atoms with E-state index in [2.05, 4.69) is 25.9 Å². The Hall–Kier alpha value is -2.67. The number of nitrogens with zero attached hydrogens (tertiary/aromatic N) is 4. The van der Waals surface area contributed by atoms with E-state index in [4.69, 9.17) is 4.74 Å². The van der Waals surface area contributed by atoms with E-state index in [1.54, 1.807) is 4.90 Å². The minimum Gasteiger partial charge on any atom is -0.484 e. The number of likely N-dealkylation sites (N-methyl/N-ethyl adjacent to an activating group) is 1. The Bertz CT molecular complexity index is 961. The monoisotopic (exact) mass is 412 g/mol. The number of anilines is 2. The quantitative estimate of drug-likeness (QED) is 0.660.